The highest BCUT2D eigenvalue weighted by Crippen LogP contribution is 2.39. The molecule has 1 aromatic carbocycles. The molecule has 0 unspecified atom stereocenters. The lowest BCUT2D eigenvalue weighted by molar-refractivity contribution is -0.116. The molecule has 1 aliphatic rings. The molecule has 0 fully saturated rings. The Morgan fingerprint density at radius 1 is 1.40 bits per heavy atom. The molecule has 0 saturated carbocycles. The molecule has 2 rings (SSSR count). The fraction of sp³-hybridized carbons (Fsp3) is 0.364. The molecule has 3 nitrogen and oxygen atoms in total. The standard InChI is InChI=1S/C11H11ClO3/c1-7(13)6-8-2-3-9-11(10(8)12)15-5-4-14-9/h2-3H,4-6H2,1H3. The van der Waals surface area contributed by atoms with Gasteiger partial charge in [-0.15, -0.1) is 0 Å². The zero-order valence-corrected chi connectivity index (χ0v) is 9.13. The number of fused-ring (bicyclic) bond motifs is 1. The average Bonchev–Trinajstić information content (AvgIpc) is 2.22. The van der Waals surface area contributed by atoms with Gasteiger partial charge in [-0.3, -0.25) is 4.79 Å². The summed E-state index contributed by atoms with van der Waals surface area (Å²) in [4.78, 5) is 11.0. The van der Waals surface area contributed by atoms with Crippen LogP contribution in [-0.2, 0) is 11.2 Å². The predicted molar refractivity (Wildman–Crippen MR) is 56.8 cm³/mol. The van der Waals surface area contributed by atoms with Crippen LogP contribution in [0.4, 0.5) is 0 Å². The third-order valence-corrected chi connectivity index (χ3v) is 2.58. The first-order valence-corrected chi connectivity index (χ1v) is 5.12. The number of halogens is 1. The molecular weight excluding hydrogens is 216 g/mol. The summed E-state index contributed by atoms with van der Waals surface area (Å²) in [6.07, 6.45) is 0.329. The van der Waals surface area contributed by atoms with E-state index >= 15 is 0 Å². The molecule has 0 N–H and O–H groups in total. The Kier molecular flexibility index (Phi) is 2.82. The molecule has 0 spiro atoms. The van der Waals surface area contributed by atoms with Crippen molar-refractivity contribution in [3.8, 4) is 11.5 Å². The van der Waals surface area contributed by atoms with Gasteiger partial charge in [0, 0.05) is 6.42 Å². The molecule has 0 bridgehead atoms. The smallest absolute Gasteiger partial charge is 0.180 e. The Morgan fingerprint density at radius 3 is 2.87 bits per heavy atom. The van der Waals surface area contributed by atoms with Crippen molar-refractivity contribution in [2.24, 2.45) is 0 Å². The van der Waals surface area contributed by atoms with Gasteiger partial charge in [-0.25, -0.2) is 0 Å². The number of benzene rings is 1. The average molecular weight is 227 g/mol. The van der Waals surface area contributed by atoms with Gasteiger partial charge in [0.1, 0.15) is 19.0 Å². The van der Waals surface area contributed by atoms with E-state index in [4.69, 9.17) is 21.1 Å². The summed E-state index contributed by atoms with van der Waals surface area (Å²) >= 11 is 6.11. The van der Waals surface area contributed by atoms with E-state index in [1.807, 2.05) is 0 Å². The largest absolute Gasteiger partial charge is 0.486 e. The molecule has 0 aliphatic carbocycles. The predicted octanol–water partition coefficient (Wildman–Crippen LogP) is 2.24. The number of hydrogen-bond donors (Lipinski definition) is 0. The Balaban J connectivity index is 2.38. The molecule has 0 atom stereocenters. The summed E-state index contributed by atoms with van der Waals surface area (Å²) < 4.78 is 10.8. The van der Waals surface area contributed by atoms with Crippen molar-refractivity contribution < 1.29 is 14.3 Å². The molecule has 15 heavy (non-hydrogen) atoms. The van der Waals surface area contributed by atoms with Gasteiger partial charge in [0.2, 0.25) is 0 Å². The number of rotatable bonds is 2. The highest BCUT2D eigenvalue weighted by molar-refractivity contribution is 6.33. The highest BCUT2D eigenvalue weighted by atomic mass is 35.5. The van der Waals surface area contributed by atoms with Gasteiger partial charge < -0.3 is 9.47 Å². The number of ketones is 1. The van der Waals surface area contributed by atoms with Gasteiger partial charge in [-0.2, -0.15) is 0 Å². The second kappa shape index (κ2) is 4.11. The van der Waals surface area contributed by atoms with E-state index in [9.17, 15) is 4.79 Å². The van der Waals surface area contributed by atoms with Crippen molar-refractivity contribution in [1.29, 1.82) is 0 Å². The molecule has 0 saturated heterocycles. The summed E-state index contributed by atoms with van der Waals surface area (Å²) in [5.74, 6) is 1.29. The van der Waals surface area contributed by atoms with Crippen LogP contribution in [0.2, 0.25) is 5.02 Å². The molecule has 1 aromatic rings. The van der Waals surface area contributed by atoms with Crippen molar-refractivity contribution in [1.82, 2.24) is 0 Å². The van der Waals surface area contributed by atoms with Crippen molar-refractivity contribution in [3.63, 3.8) is 0 Å². The molecular formula is C11H11ClO3. The monoisotopic (exact) mass is 226 g/mol. The summed E-state index contributed by atoms with van der Waals surface area (Å²) in [6.45, 7) is 2.57. The maximum atomic E-state index is 11.0. The Labute approximate surface area is 92.9 Å². The third-order valence-electron chi connectivity index (χ3n) is 2.17. The number of hydrogen-bond acceptors (Lipinski definition) is 3. The number of Topliss-reactive ketones (excluding diaryl/α,β-unsaturated/α-hetero) is 1. The first-order valence-electron chi connectivity index (χ1n) is 4.75. The minimum Gasteiger partial charge on any atom is -0.486 e. The van der Waals surface area contributed by atoms with Crippen LogP contribution in [0, 0.1) is 0 Å². The van der Waals surface area contributed by atoms with Crippen LogP contribution in [0.1, 0.15) is 12.5 Å². The van der Waals surface area contributed by atoms with E-state index < -0.39 is 0 Å². The molecule has 0 radical (unpaired) electrons. The zero-order chi connectivity index (χ0) is 10.8. The van der Waals surface area contributed by atoms with Crippen molar-refractivity contribution >= 4 is 17.4 Å². The molecule has 4 heteroatoms. The Morgan fingerprint density at radius 2 is 2.13 bits per heavy atom. The van der Waals surface area contributed by atoms with Gasteiger partial charge in [0.15, 0.2) is 11.5 Å². The molecule has 0 aromatic heterocycles. The Bertz CT molecular complexity index is 401. The maximum Gasteiger partial charge on any atom is 0.180 e. The molecule has 80 valence electrons. The summed E-state index contributed by atoms with van der Waals surface area (Å²) in [7, 11) is 0. The second-order valence-corrected chi connectivity index (χ2v) is 3.82. The van der Waals surface area contributed by atoms with Crippen LogP contribution in [0.15, 0.2) is 12.1 Å². The van der Waals surface area contributed by atoms with E-state index in [1.54, 1.807) is 12.1 Å². The Hall–Kier alpha value is -1.22. The third kappa shape index (κ3) is 2.07. The molecule has 1 heterocycles. The van der Waals surface area contributed by atoms with Crippen molar-refractivity contribution in [2.45, 2.75) is 13.3 Å². The topological polar surface area (TPSA) is 35.5 Å². The van der Waals surface area contributed by atoms with Gasteiger partial charge in [0.25, 0.3) is 0 Å². The van der Waals surface area contributed by atoms with Gasteiger partial charge in [-0.1, -0.05) is 17.7 Å². The second-order valence-electron chi connectivity index (χ2n) is 3.44. The zero-order valence-electron chi connectivity index (χ0n) is 8.38. The molecule has 0 amide bonds. The minimum atomic E-state index is 0.0774. The van der Waals surface area contributed by atoms with Crippen LogP contribution in [0.25, 0.3) is 0 Å². The first kappa shape index (κ1) is 10.3. The van der Waals surface area contributed by atoms with Gasteiger partial charge in [-0.05, 0) is 18.6 Å². The van der Waals surface area contributed by atoms with E-state index in [-0.39, 0.29) is 5.78 Å². The van der Waals surface area contributed by atoms with Crippen molar-refractivity contribution in [2.75, 3.05) is 13.2 Å². The number of carbonyl (C=O) groups excluding carboxylic acids is 1. The van der Waals surface area contributed by atoms with E-state index in [0.717, 1.165) is 5.56 Å². The number of carbonyl (C=O) groups is 1. The van der Waals surface area contributed by atoms with Crippen LogP contribution in [0.5, 0.6) is 11.5 Å². The van der Waals surface area contributed by atoms with Crippen molar-refractivity contribution in [3.05, 3.63) is 22.7 Å². The first-order chi connectivity index (χ1) is 7.18. The fourth-order valence-corrected chi connectivity index (χ4v) is 1.80. The highest BCUT2D eigenvalue weighted by Gasteiger charge is 2.18. The van der Waals surface area contributed by atoms with E-state index in [0.29, 0.717) is 36.2 Å². The van der Waals surface area contributed by atoms with Crippen LogP contribution in [-0.4, -0.2) is 19.0 Å². The van der Waals surface area contributed by atoms with Crippen LogP contribution < -0.4 is 9.47 Å². The van der Waals surface area contributed by atoms with Crippen LogP contribution in [0.3, 0.4) is 0 Å². The maximum absolute atomic E-state index is 11.0. The summed E-state index contributed by atoms with van der Waals surface area (Å²) in [6, 6.07) is 3.59. The van der Waals surface area contributed by atoms with E-state index in [2.05, 4.69) is 0 Å². The van der Waals surface area contributed by atoms with Gasteiger partial charge >= 0.3 is 0 Å². The van der Waals surface area contributed by atoms with Crippen LogP contribution >= 0.6 is 11.6 Å². The lowest BCUT2D eigenvalue weighted by atomic mass is 10.1. The summed E-state index contributed by atoms with van der Waals surface area (Å²) in [5, 5.41) is 0.488. The fourth-order valence-electron chi connectivity index (χ4n) is 1.53. The minimum absolute atomic E-state index is 0.0774. The van der Waals surface area contributed by atoms with E-state index in [1.165, 1.54) is 6.92 Å². The SMILES string of the molecule is CC(=O)Cc1ccc2c(c1Cl)OCCO2. The molecule has 1 aliphatic heterocycles. The quantitative estimate of drug-likeness (QED) is 0.776. The normalized spacial score (nSPS) is 13.7. The van der Waals surface area contributed by atoms with Gasteiger partial charge in [0.05, 0.1) is 5.02 Å². The lowest BCUT2D eigenvalue weighted by Crippen LogP contribution is -2.16. The number of ether oxygens (including phenoxy) is 2. The summed E-state index contributed by atoms with van der Waals surface area (Å²) in [5.41, 5.74) is 0.786. The lowest BCUT2D eigenvalue weighted by Gasteiger charge is -2.20.